The van der Waals surface area contributed by atoms with Gasteiger partial charge in [0, 0.05) is 0 Å². The van der Waals surface area contributed by atoms with E-state index in [-0.39, 0.29) is 12.3 Å². The van der Waals surface area contributed by atoms with E-state index in [0.717, 1.165) is 29.5 Å². The molecule has 2 atom stereocenters. The van der Waals surface area contributed by atoms with Gasteiger partial charge in [-0.2, -0.15) is 5.26 Å². The number of aryl methyl sites for hydroxylation is 2. The molecule has 0 spiro atoms. The van der Waals surface area contributed by atoms with Crippen molar-refractivity contribution < 1.29 is 19.4 Å². The number of amides is 1. The Balaban J connectivity index is 1.78. The lowest BCUT2D eigenvalue weighted by molar-refractivity contribution is -0.142. The van der Waals surface area contributed by atoms with Crippen LogP contribution in [0.25, 0.3) is 0 Å². The van der Waals surface area contributed by atoms with E-state index in [1.807, 2.05) is 50.2 Å². The number of aliphatic carboxylic acids is 1. The number of nitrogens with zero attached hydrogens (tertiary/aromatic N) is 1. The molecule has 0 aliphatic heterocycles. The predicted octanol–water partition coefficient (Wildman–Crippen LogP) is 4.11. The van der Waals surface area contributed by atoms with Gasteiger partial charge in [0.15, 0.2) is 0 Å². The molecule has 1 fully saturated rings. The van der Waals surface area contributed by atoms with Gasteiger partial charge in [-0.05, 0) is 56.4 Å². The fraction of sp³-hybridized carbons (Fsp3) is 0.400. The first-order valence-corrected chi connectivity index (χ1v) is 10.5. The molecule has 0 unspecified atom stereocenters. The highest BCUT2D eigenvalue weighted by Crippen LogP contribution is 2.45. The third-order valence-corrected chi connectivity index (χ3v) is 5.86. The highest BCUT2D eigenvalue weighted by molar-refractivity contribution is 5.80. The summed E-state index contributed by atoms with van der Waals surface area (Å²) >= 11 is 0. The van der Waals surface area contributed by atoms with E-state index in [0.29, 0.717) is 17.9 Å². The van der Waals surface area contributed by atoms with Crippen molar-refractivity contribution in [3.8, 4) is 11.8 Å². The summed E-state index contributed by atoms with van der Waals surface area (Å²) in [5, 5.41) is 21.8. The molecule has 3 rings (SSSR count). The number of carbonyl (C=O) groups excluding carboxylic acids is 1. The normalized spacial score (nSPS) is 15.9. The summed E-state index contributed by atoms with van der Waals surface area (Å²) in [5.41, 5.74) is 3.13. The lowest BCUT2D eigenvalue weighted by atomic mass is 9.93. The number of rotatable bonds is 9. The van der Waals surface area contributed by atoms with E-state index < -0.39 is 23.3 Å². The monoisotopic (exact) mass is 420 g/mol. The van der Waals surface area contributed by atoms with E-state index >= 15 is 0 Å². The van der Waals surface area contributed by atoms with Crippen LogP contribution in [0.15, 0.2) is 42.5 Å². The number of carboxylic acids is 1. The van der Waals surface area contributed by atoms with Crippen LogP contribution in [0.2, 0.25) is 0 Å². The van der Waals surface area contributed by atoms with Crippen LogP contribution in [0, 0.1) is 36.5 Å². The molecule has 6 nitrogen and oxygen atoms in total. The van der Waals surface area contributed by atoms with Crippen molar-refractivity contribution in [2.45, 2.75) is 46.1 Å². The standard InChI is InChI=1S/C25H28N2O4/c1-16-4-7-19(8-5-16)12-22(28)27-23(18(3)24(29)30)20-9-6-17(2)21(13-20)31-15-25(14-26)10-11-25/h4-9,13,18,23H,10-12,15H2,1-3H3,(H,27,28)(H,29,30)/t18-,23+/m1/s1. The molecule has 2 aromatic carbocycles. The molecule has 2 N–H and O–H groups in total. The maximum atomic E-state index is 12.7. The molecule has 0 heterocycles. The molecule has 0 saturated heterocycles. The van der Waals surface area contributed by atoms with Crippen molar-refractivity contribution in [2.75, 3.05) is 6.61 Å². The van der Waals surface area contributed by atoms with Crippen molar-refractivity contribution in [3.63, 3.8) is 0 Å². The van der Waals surface area contributed by atoms with Gasteiger partial charge in [-0.3, -0.25) is 9.59 Å². The minimum Gasteiger partial charge on any atom is -0.492 e. The van der Waals surface area contributed by atoms with Gasteiger partial charge < -0.3 is 15.2 Å². The van der Waals surface area contributed by atoms with Crippen molar-refractivity contribution in [1.82, 2.24) is 5.32 Å². The molecule has 0 aromatic heterocycles. The molecular formula is C25H28N2O4. The number of carboxylic acid groups (broad SMARTS) is 1. The minimum absolute atomic E-state index is 0.170. The minimum atomic E-state index is -0.995. The van der Waals surface area contributed by atoms with Crippen LogP contribution in [0.3, 0.4) is 0 Å². The fourth-order valence-electron chi connectivity index (χ4n) is 3.38. The van der Waals surface area contributed by atoms with Crippen LogP contribution in [0.1, 0.15) is 48.1 Å². The molecule has 0 bridgehead atoms. The maximum Gasteiger partial charge on any atom is 0.308 e. The van der Waals surface area contributed by atoms with Crippen LogP contribution in [0.5, 0.6) is 5.75 Å². The fourth-order valence-corrected chi connectivity index (χ4v) is 3.38. The summed E-state index contributed by atoms with van der Waals surface area (Å²) in [7, 11) is 0. The Morgan fingerprint density at radius 3 is 2.45 bits per heavy atom. The van der Waals surface area contributed by atoms with Gasteiger partial charge >= 0.3 is 5.97 Å². The lowest BCUT2D eigenvalue weighted by Gasteiger charge is -2.24. The summed E-state index contributed by atoms with van der Waals surface area (Å²) in [6, 6.07) is 14.7. The summed E-state index contributed by atoms with van der Waals surface area (Å²) in [6.07, 6.45) is 1.83. The van der Waals surface area contributed by atoms with Crippen molar-refractivity contribution in [2.24, 2.45) is 11.3 Å². The number of hydrogen-bond donors (Lipinski definition) is 2. The third-order valence-electron chi connectivity index (χ3n) is 5.86. The summed E-state index contributed by atoms with van der Waals surface area (Å²) in [6.45, 7) is 5.77. The Kier molecular flexibility index (Phi) is 6.65. The topological polar surface area (TPSA) is 99.4 Å². The van der Waals surface area contributed by atoms with Crippen LogP contribution in [-0.2, 0) is 16.0 Å². The number of ether oxygens (including phenoxy) is 1. The highest BCUT2D eigenvalue weighted by atomic mass is 16.5. The Bertz CT molecular complexity index is 1000. The first-order valence-electron chi connectivity index (χ1n) is 10.5. The van der Waals surface area contributed by atoms with E-state index in [1.165, 1.54) is 0 Å². The van der Waals surface area contributed by atoms with Gasteiger partial charge in [0.2, 0.25) is 5.91 Å². The Hall–Kier alpha value is -3.33. The number of carbonyl (C=O) groups is 2. The zero-order chi connectivity index (χ0) is 22.6. The number of nitrogens with one attached hydrogen (secondary N) is 1. The zero-order valence-corrected chi connectivity index (χ0v) is 18.1. The Morgan fingerprint density at radius 1 is 1.19 bits per heavy atom. The second-order valence-electron chi connectivity index (χ2n) is 8.54. The average molecular weight is 421 g/mol. The first-order chi connectivity index (χ1) is 14.7. The Morgan fingerprint density at radius 2 is 1.87 bits per heavy atom. The maximum absolute atomic E-state index is 12.7. The van der Waals surface area contributed by atoms with Crippen LogP contribution in [0.4, 0.5) is 0 Å². The lowest BCUT2D eigenvalue weighted by Crippen LogP contribution is -2.36. The molecule has 1 saturated carbocycles. The van der Waals surface area contributed by atoms with E-state index in [4.69, 9.17) is 4.74 Å². The van der Waals surface area contributed by atoms with Crippen molar-refractivity contribution >= 4 is 11.9 Å². The summed E-state index contributed by atoms with van der Waals surface area (Å²) < 4.78 is 5.92. The smallest absolute Gasteiger partial charge is 0.308 e. The number of hydrogen-bond acceptors (Lipinski definition) is 4. The third kappa shape index (κ3) is 5.64. The summed E-state index contributed by atoms with van der Waals surface area (Å²) in [4.78, 5) is 24.4. The average Bonchev–Trinajstić information content (AvgIpc) is 3.53. The molecule has 6 heteroatoms. The van der Waals surface area contributed by atoms with Gasteiger partial charge in [0.1, 0.15) is 12.4 Å². The predicted molar refractivity (Wildman–Crippen MR) is 117 cm³/mol. The zero-order valence-electron chi connectivity index (χ0n) is 18.1. The van der Waals surface area contributed by atoms with E-state index in [1.54, 1.807) is 13.0 Å². The van der Waals surface area contributed by atoms with Gasteiger partial charge in [-0.1, -0.05) is 42.0 Å². The second-order valence-corrected chi connectivity index (χ2v) is 8.54. The van der Waals surface area contributed by atoms with Crippen LogP contribution < -0.4 is 10.1 Å². The molecular weight excluding hydrogens is 392 g/mol. The molecule has 1 amide bonds. The van der Waals surface area contributed by atoms with Gasteiger partial charge in [0.25, 0.3) is 0 Å². The van der Waals surface area contributed by atoms with E-state index in [2.05, 4.69) is 11.4 Å². The molecule has 0 radical (unpaired) electrons. The van der Waals surface area contributed by atoms with Crippen molar-refractivity contribution in [3.05, 3.63) is 64.7 Å². The van der Waals surface area contributed by atoms with Crippen LogP contribution >= 0.6 is 0 Å². The largest absolute Gasteiger partial charge is 0.492 e. The molecule has 1 aliphatic rings. The first kappa shape index (κ1) is 22.4. The molecule has 162 valence electrons. The quantitative estimate of drug-likeness (QED) is 0.636. The summed E-state index contributed by atoms with van der Waals surface area (Å²) in [5.74, 6) is -1.46. The Labute approximate surface area is 182 Å². The van der Waals surface area contributed by atoms with Gasteiger partial charge in [-0.25, -0.2) is 0 Å². The second kappa shape index (κ2) is 9.22. The molecule has 1 aliphatic carbocycles. The van der Waals surface area contributed by atoms with E-state index in [9.17, 15) is 20.0 Å². The highest BCUT2D eigenvalue weighted by Gasteiger charge is 2.44. The van der Waals surface area contributed by atoms with Crippen molar-refractivity contribution in [1.29, 1.82) is 5.26 Å². The number of benzene rings is 2. The molecule has 31 heavy (non-hydrogen) atoms. The van der Waals surface area contributed by atoms with Gasteiger partial charge in [-0.15, -0.1) is 0 Å². The van der Waals surface area contributed by atoms with Gasteiger partial charge in [0.05, 0.1) is 29.9 Å². The molecule has 2 aromatic rings. The number of nitriles is 1. The van der Waals surface area contributed by atoms with Crippen LogP contribution in [-0.4, -0.2) is 23.6 Å². The SMILES string of the molecule is Cc1ccc(CC(=O)N[C@H](c2ccc(C)c(OCC3(C#N)CC3)c2)[C@@H](C)C(=O)O)cc1.